The third-order valence-electron chi connectivity index (χ3n) is 5.45. The SMILES string of the molecule is O=C(Nc1ccc(OC(F)(F)F)cc1)c1ccc2c(c1)C(=O)N(N1C(=O)c3ccccc3C1=O)C2=O. The lowest BCUT2D eigenvalue weighted by molar-refractivity contribution is -0.274. The first kappa shape index (κ1) is 22.8. The Morgan fingerprint density at radius 1 is 0.694 bits per heavy atom. The molecule has 0 radical (unpaired) electrons. The fraction of sp³-hybridized carbons (Fsp3) is 0.0417. The van der Waals surface area contributed by atoms with Crippen LogP contribution in [0.3, 0.4) is 0 Å². The molecular formula is C24H12F3N3O6. The van der Waals surface area contributed by atoms with E-state index in [0.29, 0.717) is 10.0 Å². The van der Waals surface area contributed by atoms with Crippen LogP contribution in [0, 0.1) is 0 Å². The monoisotopic (exact) mass is 495 g/mol. The lowest BCUT2D eigenvalue weighted by atomic mass is 10.1. The molecule has 2 aliphatic heterocycles. The summed E-state index contributed by atoms with van der Waals surface area (Å²) in [6.45, 7) is 0. The lowest BCUT2D eigenvalue weighted by Gasteiger charge is -2.23. The first-order valence-electron chi connectivity index (χ1n) is 10.2. The molecule has 36 heavy (non-hydrogen) atoms. The first-order chi connectivity index (χ1) is 17.0. The predicted octanol–water partition coefficient (Wildman–Crippen LogP) is 3.64. The summed E-state index contributed by atoms with van der Waals surface area (Å²) in [5.41, 5.74) is -0.115. The van der Waals surface area contributed by atoms with Crippen molar-refractivity contribution in [1.82, 2.24) is 10.0 Å². The molecule has 9 nitrogen and oxygen atoms in total. The van der Waals surface area contributed by atoms with E-state index in [4.69, 9.17) is 0 Å². The number of amides is 5. The van der Waals surface area contributed by atoms with Crippen LogP contribution in [0.4, 0.5) is 18.9 Å². The molecule has 0 bridgehead atoms. The van der Waals surface area contributed by atoms with Crippen molar-refractivity contribution in [3.8, 4) is 5.75 Å². The van der Waals surface area contributed by atoms with Crippen LogP contribution in [0.25, 0.3) is 0 Å². The molecule has 3 aromatic carbocycles. The van der Waals surface area contributed by atoms with Gasteiger partial charge in [-0.05, 0) is 54.6 Å². The summed E-state index contributed by atoms with van der Waals surface area (Å²) in [7, 11) is 0. The van der Waals surface area contributed by atoms with Crippen molar-refractivity contribution < 1.29 is 41.9 Å². The van der Waals surface area contributed by atoms with Gasteiger partial charge in [-0.25, -0.2) is 0 Å². The molecule has 0 saturated heterocycles. The highest BCUT2D eigenvalue weighted by molar-refractivity contribution is 6.28. The smallest absolute Gasteiger partial charge is 0.406 e. The van der Waals surface area contributed by atoms with Gasteiger partial charge in [0.25, 0.3) is 29.5 Å². The Kier molecular flexibility index (Phi) is 5.09. The van der Waals surface area contributed by atoms with Crippen LogP contribution in [0.1, 0.15) is 51.8 Å². The van der Waals surface area contributed by atoms with Crippen molar-refractivity contribution in [2.45, 2.75) is 6.36 Å². The third kappa shape index (κ3) is 3.74. The summed E-state index contributed by atoms with van der Waals surface area (Å²) in [5, 5.41) is 3.37. The van der Waals surface area contributed by atoms with Crippen LogP contribution < -0.4 is 10.1 Å². The second-order valence-corrected chi connectivity index (χ2v) is 7.68. The molecule has 0 saturated carbocycles. The van der Waals surface area contributed by atoms with Gasteiger partial charge < -0.3 is 10.1 Å². The Hall–Kier alpha value is -5.00. The Morgan fingerprint density at radius 2 is 1.19 bits per heavy atom. The van der Waals surface area contributed by atoms with Crippen molar-refractivity contribution >= 4 is 35.2 Å². The zero-order valence-electron chi connectivity index (χ0n) is 17.8. The van der Waals surface area contributed by atoms with Gasteiger partial charge >= 0.3 is 6.36 Å². The van der Waals surface area contributed by atoms with Gasteiger partial charge in [0.15, 0.2) is 0 Å². The maximum atomic E-state index is 13.0. The largest absolute Gasteiger partial charge is 0.573 e. The summed E-state index contributed by atoms with van der Waals surface area (Å²) in [5.74, 6) is -4.73. The summed E-state index contributed by atoms with van der Waals surface area (Å²) in [6.07, 6.45) is -4.86. The average Bonchev–Trinajstić information content (AvgIpc) is 3.23. The minimum absolute atomic E-state index is 0.0465. The number of anilines is 1. The van der Waals surface area contributed by atoms with Gasteiger partial charge in [0, 0.05) is 11.3 Å². The van der Waals surface area contributed by atoms with Gasteiger partial charge in [-0.2, -0.15) is 10.0 Å². The minimum atomic E-state index is -4.86. The van der Waals surface area contributed by atoms with Crippen molar-refractivity contribution in [2.24, 2.45) is 0 Å². The highest BCUT2D eigenvalue weighted by Crippen LogP contribution is 2.31. The first-order valence-corrected chi connectivity index (χ1v) is 10.2. The van der Waals surface area contributed by atoms with Crippen LogP contribution >= 0.6 is 0 Å². The number of rotatable bonds is 4. The molecule has 0 unspecified atom stereocenters. The van der Waals surface area contributed by atoms with E-state index in [1.54, 1.807) is 0 Å². The van der Waals surface area contributed by atoms with Crippen LogP contribution in [0.2, 0.25) is 0 Å². The van der Waals surface area contributed by atoms with E-state index in [0.717, 1.165) is 18.2 Å². The fourth-order valence-corrected chi connectivity index (χ4v) is 3.85. The van der Waals surface area contributed by atoms with E-state index in [1.165, 1.54) is 48.5 Å². The Balaban J connectivity index is 1.36. The van der Waals surface area contributed by atoms with E-state index in [2.05, 4.69) is 10.1 Å². The van der Waals surface area contributed by atoms with Crippen molar-refractivity contribution in [2.75, 3.05) is 5.32 Å². The van der Waals surface area contributed by atoms with Crippen LogP contribution in [-0.4, -0.2) is 45.9 Å². The number of hydrazine groups is 1. The summed E-state index contributed by atoms with van der Waals surface area (Å²) in [6, 6.07) is 13.9. The molecule has 12 heteroatoms. The van der Waals surface area contributed by atoms with E-state index in [9.17, 15) is 37.1 Å². The number of halogens is 3. The normalized spacial score (nSPS) is 14.8. The Bertz CT molecular complexity index is 1450. The number of benzene rings is 3. The zero-order chi connectivity index (χ0) is 25.8. The van der Waals surface area contributed by atoms with Gasteiger partial charge in [0.05, 0.1) is 22.3 Å². The van der Waals surface area contributed by atoms with E-state index in [1.807, 2.05) is 0 Å². The fourth-order valence-electron chi connectivity index (χ4n) is 3.85. The molecular weight excluding hydrogens is 483 g/mol. The quantitative estimate of drug-likeness (QED) is 0.553. The van der Waals surface area contributed by atoms with E-state index in [-0.39, 0.29) is 33.5 Å². The van der Waals surface area contributed by atoms with E-state index < -0.39 is 41.6 Å². The molecule has 3 aromatic rings. The summed E-state index contributed by atoms with van der Waals surface area (Å²) >= 11 is 0. The van der Waals surface area contributed by atoms with Gasteiger partial charge in [-0.1, -0.05) is 12.1 Å². The maximum absolute atomic E-state index is 13.0. The minimum Gasteiger partial charge on any atom is -0.406 e. The molecule has 180 valence electrons. The number of hydrogen-bond donors (Lipinski definition) is 1. The molecule has 5 amide bonds. The predicted molar refractivity (Wildman–Crippen MR) is 115 cm³/mol. The Morgan fingerprint density at radius 3 is 1.72 bits per heavy atom. The molecule has 0 spiro atoms. The van der Waals surface area contributed by atoms with Gasteiger partial charge in [-0.3, -0.25) is 24.0 Å². The number of hydrogen-bond acceptors (Lipinski definition) is 6. The second-order valence-electron chi connectivity index (χ2n) is 7.68. The van der Waals surface area contributed by atoms with Gasteiger partial charge in [-0.15, -0.1) is 13.2 Å². The number of carbonyl (C=O) groups is 5. The zero-order valence-corrected chi connectivity index (χ0v) is 17.8. The van der Waals surface area contributed by atoms with Crippen molar-refractivity contribution in [1.29, 1.82) is 0 Å². The number of nitrogens with zero attached hydrogens (tertiary/aromatic N) is 2. The highest BCUT2D eigenvalue weighted by atomic mass is 19.4. The molecule has 5 rings (SSSR count). The maximum Gasteiger partial charge on any atom is 0.573 e. The summed E-state index contributed by atoms with van der Waals surface area (Å²) in [4.78, 5) is 64.1. The van der Waals surface area contributed by atoms with Crippen molar-refractivity contribution in [3.63, 3.8) is 0 Å². The second kappa shape index (κ2) is 8.05. The number of fused-ring (bicyclic) bond motifs is 2. The van der Waals surface area contributed by atoms with E-state index >= 15 is 0 Å². The molecule has 0 aliphatic carbocycles. The topological polar surface area (TPSA) is 113 Å². The number of nitrogens with one attached hydrogen (secondary N) is 1. The number of alkyl halides is 3. The lowest BCUT2D eigenvalue weighted by Crippen LogP contribution is -2.49. The Labute approximate surface area is 199 Å². The molecule has 0 aromatic heterocycles. The number of carbonyl (C=O) groups excluding carboxylic acids is 5. The molecule has 0 fully saturated rings. The third-order valence-corrected chi connectivity index (χ3v) is 5.45. The number of imide groups is 2. The molecule has 1 N–H and O–H groups in total. The molecule has 0 atom stereocenters. The summed E-state index contributed by atoms with van der Waals surface area (Å²) < 4.78 is 40.6. The highest BCUT2D eigenvalue weighted by Gasteiger charge is 2.48. The number of ether oxygens (including phenoxy) is 1. The van der Waals surface area contributed by atoms with Crippen LogP contribution in [-0.2, 0) is 0 Å². The van der Waals surface area contributed by atoms with Crippen LogP contribution in [0.5, 0.6) is 5.75 Å². The van der Waals surface area contributed by atoms with Gasteiger partial charge in [0.2, 0.25) is 0 Å². The van der Waals surface area contributed by atoms with Crippen LogP contribution in [0.15, 0.2) is 66.7 Å². The van der Waals surface area contributed by atoms with Gasteiger partial charge in [0.1, 0.15) is 5.75 Å². The standard InChI is InChI=1S/C24H12F3N3O6/c25-24(26,27)36-14-8-6-13(7-9-14)28-19(31)12-5-10-17-18(11-12)23(35)30(22(17)34)29-20(32)15-3-1-2-4-16(15)21(29)33/h1-11H,(H,28,31). The van der Waals surface area contributed by atoms with Crippen molar-refractivity contribution in [3.05, 3.63) is 94.5 Å². The molecule has 2 aliphatic rings. The molecule has 2 heterocycles. The average molecular weight is 495 g/mol.